The van der Waals surface area contributed by atoms with E-state index in [-0.39, 0.29) is 18.3 Å². The first-order valence-electron chi connectivity index (χ1n) is 9.26. The third-order valence-corrected chi connectivity index (χ3v) is 5.60. The third-order valence-electron chi connectivity index (χ3n) is 4.54. The standard InChI is InChI=1S/C19H27N3O3S.ClH/c1-3-5-18(23)22(9-4-8-21-10-12-25-13-11-21)19-20-16-14-15(24-2)6-7-17(16)26-19;/h6-7,14H,3-5,8-13H2,1-2H3;1H. The van der Waals surface area contributed by atoms with Crippen LogP contribution in [0.2, 0.25) is 0 Å². The van der Waals surface area contributed by atoms with E-state index in [9.17, 15) is 4.79 Å². The summed E-state index contributed by atoms with van der Waals surface area (Å²) >= 11 is 1.57. The van der Waals surface area contributed by atoms with Crippen LogP contribution >= 0.6 is 23.7 Å². The van der Waals surface area contributed by atoms with E-state index >= 15 is 0 Å². The molecule has 1 aliphatic heterocycles. The largest absolute Gasteiger partial charge is 0.497 e. The number of rotatable bonds is 8. The maximum absolute atomic E-state index is 12.7. The molecule has 1 fully saturated rings. The molecule has 1 aliphatic rings. The molecule has 1 saturated heterocycles. The second-order valence-corrected chi connectivity index (χ2v) is 7.44. The first-order valence-corrected chi connectivity index (χ1v) is 10.1. The number of carbonyl (C=O) groups is 1. The minimum Gasteiger partial charge on any atom is -0.497 e. The van der Waals surface area contributed by atoms with Crippen molar-refractivity contribution >= 4 is 45.0 Å². The molecule has 1 aromatic carbocycles. The normalized spacial score (nSPS) is 14.7. The molecule has 0 atom stereocenters. The molecule has 0 spiro atoms. The predicted molar refractivity (Wildman–Crippen MR) is 113 cm³/mol. The zero-order valence-electron chi connectivity index (χ0n) is 16.0. The maximum atomic E-state index is 12.7. The van der Waals surface area contributed by atoms with Crippen molar-refractivity contribution in [3.05, 3.63) is 18.2 Å². The van der Waals surface area contributed by atoms with Crippen molar-refractivity contribution in [1.82, 2.24) is 9.88 Å². The van der Waals surface area contributed by atoms with Crippen LogP contribution in [-0.4, -0.2) is 62.3 Å². The highest BCUT2D eigenvalue weighted by molar-refractivity contribution is 7.22. The summed E-state index contributed by atoms with van der Waals surface area (Å²) in [6.07, 6.45) is 2.34. The molecular formula is C19H28ClN3O3S. The van der Waals surface area contributed by atoms with Crippen molar-refractivity contribution in [2.75, 3.05) is 51.4 Å². The molecule has 0 saturated carbocycles. The van der Waals surface area contributed by atoms with Crippen LogP contribution < -0.4 is 9.64 Å². The topological polar surface area (TPSA) is 54.9 Å². The van der Waals surface area contributed by atoms with Gasteiger partial charge in [-0.25, -0.2) is 4.98 Å². The van der Waals surface area contributed by atoms with E-state index in [1.54, 1.807) is 18.4 Å². The summed E-state index contributed by atoms with van der Waals surface area (Å²) in [6.45, 7) is 7.28. The van der Waals surface area contributed by atoms with Gasteiger partial charge in [-0.05, 0) is 25.0 Å². The molecule has 1 amide bonds. The molecule has 0 aliphatic carbocycles. The predicted octanol–water partition coefficient (Wildman–Crippen LogP) is 3.58. The van der Waals surface area contributed by atoms with Crippen LogP contribution in [0.4, 0.5) is 5.13 Å². The summed E-state index contributed by atoms with van der Waals surface area (Å²) in [7, 11) is 1.65. The maximum Gasteiger partial charge on any atom is 0.228 e. The lowest BCUT2D eigenvalue weighted by molar-refractivity contribution is -0.118. The number of halogens is 1. The summed E-state index contributed by atoms with van der Waals surface area (Å²) in [4.78, 5) is 21.6. The lowest BCUT2D eigenvalue weighted by atomic mass is 10.2. The lowest BCUT2D eigenvalue weighted by Gasteiger charge is -2.27. The van der Waals surface area contributed by atoms with Crippen LogP contribution in [0.5, 0.6) is 5.75 Å². The van der Waals surface area contributed by atoms with Crippen LogP contribution in [0.15, 0.2) is 18.2 Å². The van der Waals surface area contributed by atoms with Gasteiger partial charge in [0.2, 0.25) is 5.91 Å². The Kier molecular flexibility index (Phi) is 8.76. The van der Waals surface area contributed by atoms with Gasteiger partial charge in [0.25, 0.3) is 0 Å². The Hall–Kier alpha value is -1.41. The number of aromatic nitrogens is 1. The highest BCUT2D eigenvalue weighted by atomic mass is 35.5. The number of nitrogens with zero attached hydrogens (tertiary/aromatic N) is 3. The molecule has 0 N–H and O–H groups in total. The SMILES string of the molecule is CCCC(=O)N(CCCN1CCOCC1)c1nc2cc(OC)ccc2s1.Cl. The second-order valence-electron chi connectivity index (χ2n) is 6.43. The Morgan fingerprint density at radius 2 is 2.15 bits per heavy atom. The molecule has 8 heteroatoms. The molecular weight excluding hydrogens is 386 g/mol. The number of morpholine rings is 1. The minimum atomic E-state index is 0. The Balaban J connectivity index is 0.00000261. The van der Waals surface area contributed by atoms with Crippen molar-refractivity contribution in [3.8, 4) is 5.75 Å². The Bertz CT molecular complexity index is 734. The number of hydrogen-bond donors (Lipinski definition) is 0. The number of benzene rings is 1. The summed E-state index contributed by atoms with van der Waals surface area (Å²) in [5.41, 5.74) is 0.881. The summed E-state index contributed by atoms with van der Waals surface area (Å²) in [5, 5.41) is 0.786. The quantitative estimate of drug-likeness (QED) is 0.662. The van der Waals surface area contributed by atoms with Crippen molar-refractivity contribution in [3.63, 3.8) is 0 Å². The number of carbonyl (C=O) groups excluding carboxylic acids is 1. The van der Waals surface area contributed by atoms with Gasteiger partial charge in [-0.1, -0.05) is 18.3 Å². The highest BCUT2D eigenvalue weighted by Gasteiger charge is 2.20. The molecule has 2 aromatic rings. The molecule has 0 unspecified atom stereocenters. The molecule has 3 rings (SSSR count). The monoisotopic (exact) mass is 413 g/mol. The van der Waals surface area contributed by atoms with Crippen molar-refractivity contribution in [2.24, 2.45) is 0 Å². The number of fused-ring (bicyclic) bond motifs is 1. The van der Waals surface area contributed by atoms with E-state index < -0.39 is 0 Å². The van der Waals surface area contributed by atoms with Crippen molar-refractivity contribution < 1.29 is 14.3 Å². The van der Waals surface area contributed by atoms with Gasteiger partial charge in [0.1, 0.15) is 5.75 Å². The second kappa shape index (κ2) is 10.8. The highest BCUT2D eigenvalue weighted by Crippen LogP contribution is 2.31. The average Bonchev–Trinajstić information content (AvgIpc) is 3.08. The van der Waals surface area contributed by atoms with E-state index in [0.29, 0.717) is 13.0 Å². The molecule has 27 heavy (non-hydrogen) atoms. The van der Waals surface area contributed by atoms with E-state index in [1.807, 2.05) is 30.0 Å². The summed E-state index contributed by atoms with van der Waals surface area (Å²) in [6, 6.07) is 5.86. The van der Waals surface area contributed by atoms with Gasteiger partial charge in [0, 0.05) is 38.7 Å². The Morgan fingerprint density at radius 3 is 2.85 bits per heavy atom. The zero-order chi connectivity index (χ0) is 18.4. The number of ether oxygens (including phenoxy) is 2. The van der Waals surface area contributed by atoms with E-state index in [2.05, 4.69) is 4.90 Å². The fraction of sp³-hybridized carbons (Fsp3) is 0.579. The van der Waals surface area contributed by atoms with Gasteiger partial charge in [-0.2, -0.15) is 0 Å². The van der Waals surface area contributed by atoms with Crippen molar-refractivity contribution in [1.29, 1.82) is 0 Å². The van der Waals surface area contributed by atoms with Gasteiger partial charge >= 0.3 is 0 Å². The Morgan fingerprint density at radius 1 is 1.37 bits per heavy atom. The molecule has 1 aromatic heterocycles. The average molecular weight is 414 g/mol. The van der Waals surface area contributed by atoms with Gasteiger partial charge in [0.15, 0.2) is 5.13 Å². The number of hydrogen-bond acceptors (Lipinski definition) is 6. The summed E-state index contributed by atoms with van der Waals surface area (Å²) in [5.74, 6) is 0.939. The fourth-order valence-corrected chi connectivity index (χ4v) is 4.08. The zero-order valence-corrected chi connectivity index (χ0v) is 17.6. The lowest BCUT2D eigenvalue weighted by Crippen LogP contribution is -2.39. The molecule has 6 nitrogen and oxygen atoms in total. The van der Waals surface area contributed by atoms with Gasteiger partial charge in [-0.3, -0.25) is 14.6 Å². The van der Waals surface area contributed by atoms with Crippen molar-refractivity contribution in [2.45, 2.75) is 26.2 Å². The van der Waals surface area contributed by atoms with E-state index in [0.717, 1.165) is 66.8 Å². The van der Waals surface area contributed by atoms with E-state index in [1.165, 1.54) is 0 Å². The third kappa shape index (κ3) is 5.78. The molecule has 150 valence electrons. The van der Waals surface area contributed by atoms with Gasteiger partial charge < -0.3 is 9.47 Å². The van der Waals surface area contributed by atoms with E-state index in [4.69, 9.17) is 14.5 Å². The molecule has 0 bridgehead atoms. The summed E-state index contributed by atoms with van der Waals surface area (Å²) < 4.78 is 11.7. The van der Waals surface area contributed by atoms with Crippen LogP contribution in [0.3, 0.4) is 0 Å². The van der Waals surface area contributed by atoms with Gasteiger partial charge in [0.05, 0.1) is 30.5 Å². The molecule has 0 radical (unpaired) electrons. The first kappa shape index (κ1) is 21.9. The van der Waals surface area contributed by atoms with Crippen LogP contribution in [0.25, 0.3) is 10.2 Å². The van der Waals surface area contributed by atoms with Gasteiger partial charge in [-0.15, -0.1) is 12.4 Å². The minimum absolute atomic E-state index is 0. The van der Waals surface area contributed by atoms with Crippen LogP contribution in [0, 0.1) is 0 Å². The number of methoxy groups -OCH3 is 1. The smallest absolute Gasteiger partial charge is 0.228 e. The number of thiazole rings is 1. The van der Waals surface area contributed by atoms with Crippen LogP contribution in [0.1, 0.15) is 26.2 Å². The Labute approximate surface area is 170 Å². The van der Waals surface area contributed by atoms with Crippen LogP contribution in [-0.2, 0) is 9.53 Å². The molecule has 2 heterocycles. The fourth-order valence-electron chi connectivity index (χ4n) is 3.09. The first-order chi connectivity index (χ1) is 12.7. The number of anilines is 1. The number of amides is 1.